The fourth-order valence-electron chi connectivity index (χ4n) is 0.902. The highest BCUT2D eigenvalue weighted by molar-refractivity contribution is 4.49. The number of rotatable bonds is 5. The van der Waals surface area contributed by atoms with Crippen LogP contribution < -0.4 is 5.73 Å². The molecule has 0 spiro atoms. The lowest BCUT2D eigenvalue weighted by Gasteiger charge is -2.16. The lowest BCUT2D eigenvalue weighted by atomic mass is 10.4. The molecule has 55 valence electrons. The molecular formula is C7H17N2. The standard InChI is InChI=1S/C7H17N2/c1-3-5-9(7-8)6-4-2/h8H,3-7H2,1-2H3. The van der Waals surface area contributed by atoms with E-state index in [0.29, 0.717) is 6.67 Å². The molecule has 0 bridgehead atoms. The minimum absolute atomic E-state index is 0.460. The first-order chi connectivity index (χ1) is 4.35. The van der Waals surface area contributed by atoms with Crippen LogP contribution in [0.1, 0.15) is 26.7 Å². The van der Waals surface area contributed by atoms with E-state index in [1.807, 2.05) is 0 Å². The summed E-state index contributed by atoms with van der Waals surface area (Å²) in [6.07, 6.45) is 2.33. The van der Waals surface area contributed by atoms with E-state index < -0.39 is 0 Å². The number of hydrogen-bond acceptors (Lipinski definition) is 1. The van der Waals surface area contributed by atoms with Gasteiger partial charge in [0.25, 0.3) is 0 Å². The normalized spacial score (nSPS) is 10.7. The first-order valence-electron chi connectivity index (χ1n) is 3.72. The topological polar surface area (TPSA) is 27.0 Å². The molecule has 0 heterocycles. The first-order valence-corrected chi connectivity index (χ1v) is 3.72. The Labute approximate surface area is 58.0 Å². The van der Waals surface area contributed by atoms with Gasteiger partial charge in [-0.25, -0.2) is 5.73 Å². The predicted octanol–water partition coefficient (Wildman–Crippen LogP) is 1.35. The number of hydrogen-bond donors (Lipinski definition) is 0. The summed E-state index contributed by atoms with van der Waals surface area (Å²) in [6.45, 7) is 6.92. The van der Waals surface area contributed by atoms with Gasteiger partial charge in [-0.05, 0) is 25.9 Å². The summed E-state index contributed by atoms with van der Waals surface area (Å²) in [6, 6.07) is 0. The van der Waals surface area contributed by atoms with Crippen LogP contribution in [-0.4, -0.2) is 24.7 Å². The Bertz CT molecular complexity index is 48.9. The van der Waals surface area contributed by atoms with Crippen molar-refractivity contribution in [3.05, 3.63) is 0 Å². The minimum Gasteiger partial charge on any atom is -0.290 e. The second-order valence-electron chi connectivity index (χ2n) is 2.28. The molecule has 0 fully saturated rings. The summed E-state index contributed by atoms with van der Waals surface area (Å²) in [7, 11) is 0. The Hall–Kier alpha value is -0.0800. The predicted molar refractivity (Wildman–Crippen MR) is 40.1 cm³/mol. The van der Waals surface area contributed by atoms with E-state index in [2.05, 4.69) is 18.7 Å². The summed E-state index contributed by atoms with van der Waals surface area (Å²) in [4.78, 5) is 2.15. The molecule has 0 aliphatic carbocycles. The zero-order valence-corrected chi connectivity index (χ0v) is 6.48. The van der Waals surface area contributed by atoms with Crippen LogP contribution in [0.3, 0.4) is 0 Å². The molecule has 2 nitrogen and oxygen atoms in total. The second-order valence-corrected chi connectivity index (χ2v) is 2.28. The number of nitrogens with one attached hydrogen (secondary N) is 1. The molecule has 2 heteroatoms. The van der Waals surface area contributed by atoms with E-state index in [1.54, 1.807) is 0 Å². The minimum atomic E-state index is 0.460. The van der Waals surface area contributed by atoms with E-state index in [-0.39, 0.29) is 0 Å². The lowest BCUT2D eigenvalue weighted by Crippen LogP contribution is -2.26. The largest absolute Gasteiger partial charge is 0.290 e. The summed E-state index contributed by atoms with van der Waals surface area (Å²) in [5.74, 6) is 0. The van der Waals surface area contributed by atoms with Crippen molar-refractivity contribution in [2.45, 2.75) is 26.7 Å². The molecule has 1 N–H and O–H groups in total. The Balaban J connectivity index is 3.18. The van der Waals surface area contributed by atoms with Crippen molar-refractivity contribution in [3.8, 4) is 0 Å². The second kappa shape index (κ2) is 6.05. The van der Waals surface area contributed by atoms with Crippen LogP contribution in [0.15, 0.2) is 0 Å². The van der Waals surface area contributed by atoms with Crippen LogP contribution in [-0.2, 0) is 0 Å². The Kier molecular flexibility index (Phi) is 5.99. The van der Waals surface area contributed by atoms with Crippen molar-refractivity contribution < 1.29 is 0 Å². The first kappa shape index (κ1) is 8.92. The van der Waals surface area contributed by atoms with Gasteiger partial charge in [0.2, 0.25) is 0 Å². The Morgan fingerprint density at radius 3 is 1.78 bits per heavy atom. The van der Waals surface area contributed by atoms with Crippen LogP contribution in [0.5, 0.6) is 0 Å². The fraction of sp³-hybridized carbons (Fsp3) is 1.00. The van der Waals surface area contributed by atoms with Gasteiger partial charge in [-0.3, -0.25) is 4.90 Å². The maximum absolute atomic E-state index is 7.09. The van der Waals surface area contributed by atoms with E-state index >= 15 is 0 Å². The van der Waals surface area contributed by atoms with Crippen molar-refractivity contribution in [1.29, 1.82) is 0 Å². The molecule has 1 radical (unpaired) electrons. The molecule has 0 aromatic rings. The average Bonchev–Trinajstić information content (AvgIpc) is 1.88. The number of nitrogens with zero attached hydrogens (tertiary/aromatic N) is 1. The van der Waals surface area contributed by atoms with Gasteiger partial charge in [0.15, 0.2) is 0 Å². The molecule has 0 aliphatic heterocycles. The van der Waals surface area contributed by atoms with Crippen LogP contribution in [0, 0.1) is 0 Å². The van der Waals surface area contributed by atoms with E-state index in [9.17, 15) is 0 Å². The van der Waals surface area contributed by atoms with Crippen LogP contribution >= 0.6 is 0 Å². The van der Waals surface area contributed by atoms with Gasteiger partial charge in [0, 0.05) is 0 Å². The van der Waals surface area contributed by atoms with Gasteiger partial charge in [-0.2, -0.15) is 0 Å². The molecule has 0 atom stereocenters. The Morgan fingerprint density at radius 2 is 1.56 bits per heavy atom. The van der Waals surface area contributed by atoms with Crippen LogP contribution in [0.25, 0.3) is 0 Å². The average molecular weight is 129 g/mol. The zero-order chi connectivity index (χ0) is 7.11. The van der Waals surface area contributed by atoms with Crippen molar-refractivity contribution >= 4 is 0 Å². The van der Waals surface area contributed by atoms with Gasteiger partial charge in [0.05, 0.1) is 6.67 Å². The Morgan fingerprint density at radius 1 is 1.11 bits per heavy atom. The molecule has 0 aliphatic rings. The molecule has 9 heavy (non-hydrogen) atoms. The van der Waals surface area contributed by atoms with E-state index in [1.165, 1.54) is 12.8 Å². The highest BCUT2D eigenvalue weighted by atomic mass is 15.2. The van der Waals surface area contributed by atoms with Crippen molar-refractivity contribution in [1.82, 2.24) is 10.6 Å². The summed E-state index contributed by atoms with van der Waals surface area (Å²) in [5.41, 5.74) is 7.09. The highest BCUT2D eigenvalue weighted by Crippen LogP contribution is 1.90. The molecule has 0 aromatic carbocycles. The molecule has 0 aromatic heterocycles. The monoisotopic (exact) mass is 129 g/mol. The summed E-state index contributed by atoms with van der Waals surface area (Å²) >= 11 is 0. The fourth-order valence-corrected chi connectivity index (χ4v) is 0.902. The smallest absolute Gasteiger partial charge is 0.0615 e. The quantitative estimate of drug-likeness (QED) is 0.550. The molecule has 0 rings (SSSR count). The van der Waals surface area contributed by atoms with Crippen LogP contribution in [0.4, 0.5) is 0 Å². The molecular weight excluding hydrogens is 112 g/mol. The van der Waals surface area contributed by atoms with Gasteiger partial charge in [0.1, 0.15) is 0 Å². The molecule has 0 saturated heterocycles. The molecule has 0 saturated carbocycles. The van der Waals surface area contributed by atoms with Crippen LogP contribution in [0.2, 0.25) is 0 Å². The SMILES string of the molecule is CCCN(C[NH])CCC. The lowest BCUT2D eigenvalue weighted by molar-refractivity contribution is 0.278. The molecule has 0 unspecified atom stereocenters. The maximum Gasteiger partial charge on any atom is 0.0615 e. The highest BCUT2D eigenvalue weighted by Gasteiger charge is 1.96. The molecule has 0 amide bonds. The van der Waals surface area contributed by atoms with Gasteiger partial charge < -0.3 is 0 Å². The summed E-state index contributed by atoms with van der Waals surface area (Å²) < 4.78 is 0. The van der Waals surface area contributed by atoms with Crippen molar-refractivity contribution in [2.24, 2.45) is 0 Å². The van der Waals surface area contributed by atoms with Crippen molar-refractivity contribution in [3.63, 3.8) is 0 Å². The third-order valence-electron chi connectivity index (χ3n) is 1.30. The van der Waals surface area contributed by atoms with Gasteiger partial charge in [-0.1, -0.05) is 13.8 Å². The maximum atomic E-state index is 7.09. The third kappa shape index (κ3) is 4.43. The third-order valence-corrected chi connectivity index (χ3v) is 1.30. The van der Waals surface area contributed by atoms with E-state index in [4.69, 9.17) is 5.73 Å². The van der Waals surface area contributed by atoms with E-state index in [0.717, 1.165) is 13.1 Å². The summed E-state index contributed by atoms with van der Waals surface area (Å²) in [5, 5.41) is 0. The van der Waals surface area contributed by atoms with Gasteiger partial charge >= 0.3 is 0 Å². The van der Waals surface area contributed by atoms with Crippen molar-refractivity contribution in [2.75, 3.05) is 19.8 Å². The zero-order valence-electron chi connectivity index (χ0n) is 6.48. The van der Waals surface area contributed by atoms with Gasteiger partial charge in [-0.15, -0.1) is 0 Å².